The van der Waals surface area contributed by atoms with Gasteiger partial charge in [-0.15, -0.1) is 0 Å². The minimum absolute atomic E-state index is 0.00616. The van der Waals surface area contributed by atoms with Gasteiger partial charge in [-0.3, -0.25) is 24.0 Å². The van der Waals surface area contributed by atoms with Crippen molar-refractivity contribution in [3.8, 4) is 0 Å². The maximum absolute atomic E-state index is 15.0. The largest absolute Gasteiger partial charge is 0.460 e. The first kappa shape index (κ1) is 48.0. The van der Waals surface area contributed by atoms with Gasteiger partial charge in [0.2, 0.25) is 0 Å². The summed E-state index contributed by atoms with van der Waals surface area (Å²) in [4.78, 5) is 83.2. The smallest absolute Gasteiger partial charge is 0.344 e. The van der Waals surface area contributed by atoms with E-state index in [2.05, 4.69) is 19.1 Å². The van der Waals surface area contributed by atoms with Crippen LogP contribution in [0.1, 0.15) is 152 Å². The molecule has 362 valence electrons. The van der Waals surface area contributed by atoms with Crippen LogP contribution in [-0.2, 0) is 61.9 Å². The number of hydrogen-bond donors (Lipinski definition) is 0. The average molecular weight is 909 g/mol. The molecule has 0 radical (unpaired) electrons. The minimum Gasteiger partial charge on any atom is -0.460 e. The quantitative estimate of drug-likeness (QED) is 0.0691. The molecule has 8 aliphatic rings. The van der Waals surface area contributed by atoms with E-state index < -0.39 is 76.2 Å². The highest BCUT2D eigenvalue weighted by Gasteiger charge is 2.64. The maximum atomic E-state index is 15.0. The molecule has 6 aliphatic carbocycles. The number of hydrogen-bond acceptors (Lipinski definition) is 13. The summed E-state index contributed by atoms with van der Waals surface area (Å²) in [7, 11) is 0. The molecule has 2 aliphatic heterocycles. The maximum Gasteiger partial charge on any atom is 0.344 e. The van der Waals surface area contributed by atoms with Crippen molar-refractivity contribution in [2.45, 2.75) is 182 Å². The Kier molecular flexibility index (Phi) is 13.2. The molecule has 8 rings (SSSR count). The zero-order chi connectivity index (χ0) is 46.9. The number of carbonyl (C=O) groups excluding carboxylic acids is 6. The molecule has 17 unspecified atom stereocenters. The fourth-order valence-electron chi connectivity index (χ4n) is 13.9. The van der Waals surface area contributed by atoms with Gasteiger partial charge in [0.1, 0.15) is 29.5 Å². The Labute approximate surface area is 385 Å². The molecule has 0 aromatic rings. The summed E-state index contributed by atoms with van der Waals surface area (Å²) in [6.45, 7) is 17.2. The first-order valence-electron chi connectivity index (χ1n) is 25.0. The fraction of sp³-hybridized carbons (Fsp3) is 0.846. The molecule has 13 heteroatoms. The van der Waals surface area contributed by atoms with Crippen LogP contribution in [0.5, 0.6) is 0 Å². The van der Waals surface area contributed by atoms with Gasteiger partial charge in [0.05, 0.1) is 41.8 Å². The van der Waals surface area contributed by atoms with Crippen LogP contribution in [0, 0.1) is 75.4 Å². The third-order valence-electron chi connectivity index (χ3n) is 17.9. The van der Waals surface area contributed by atoms with E-state index in [9.17, 15) is 28.8 Å². The van der Waals surface area contributed by atoms with Crippen LogP contribution in [0.4, 0.5) is 0 Å². The predicted molar refractivity (Wildman–Crippen MR) is 236 cm³/mol. The zero-order valence-electron chi connectivity index (χ0n) is 40.5. The molecule has 6 bridgehead atoms. The Balaban J connectivity index is 0.999. The van der Waals surface area contributed by atoms with Gasteiger partial charge in [0.15, 0.2) is 6.61 Å². The molecule has 65 heavy (non-hydrogen) atoms. The monoisotopic (exact) mass is 909 g/mol. The Morgan fingerprint density at radius 1 is 0.846 bits per heavy atom. The van der Waals surface area contributed by atoms with Gasteiger partial charge < -0.3 is 33.2 Å². The van der Waals surface area contributed by atoms with Crippen LogP contribution < -0.4 is 0 Å². The molecular weight excluding hydrogens is 833 g/mol. The fourth-order valence-corrected chi connectivity index (χ4v) is 13.9. The molecule has 0 aromatic carbocycles. The number of carbonyl (C=O) groups is 6. The summed E-state index contributed by atoms with van der Waals surface area (Å²) >= 11 is 0. The highest BCUT2D eigenvalue weighted by atomic mass is 16.6. The van der Waals surface area contributed by atoms with Crippen LogP contribution in [0.25, 0.3) is 0 Å². The van der Waals surface area contributed by atoms with Crippen molar-refractivity contribution in [3.05, 3.63) is 12.2 Å². The van der Waals surface area contributed by atoms with Gasteiger partial charge in [-0.25, -0.2) is 4.79 Å². The second-order valence-electron chi connectivity index (χ2n) is 24.0. The molecule has 2 heterocycles. The number of rotatable bonds is 19. The van der Waals surface area contributed by atoms with Crippen molar-refractivity contribution >= 4 is 35.8 Å². The summed E-state index contributed by atoms with van der Waals surface area (Å²) in [6, 6.07) is 0. The Hall–Kier alpha value is -3.48. The summed E-state index contributed by atoms with van der Waals surface area (Å²) in [5, 5.41) is 0. The van der Waals surface area contributed by atoms with Gasteiger partial charge in [0, 0.05) is 24.2 Å². The lowest BCUT2D eigenvalue weighted by Gasteiger charge is -2.41. The Morgan fingerprint density at radius 3 is 2.22 bits per heavy atom. The van der Waals surface area contributed by atoms with Crippen molar-refractivity contribution in [1.29, 1.82) is 0 Å². The van der Waals surface area contributed by atoms with Crippen molar-refractivity contribution in [2.24, 2.45) is 75.4 Å². The van der Waals surface area contributed by atoms with Crippen LogP contribution >= 0.6 is 0 Å². The van der Waals surface area contributed by atoms with Crippen LogP contribution in [0.2, 0.25) is 0 Å². The first-order chi connectivity index (χ1) is 30.5. The topological polar surface area (TPSA) is 167 Å². The molecule has 5 saturated carbocycles. The van der Waals surface area contributed by atoms with Crippen LogP contribution in [0.3, 0.4) is 0 Å². The van der Waals surface area contributed by atoms with E-state index in [4.69, 9.17) is 33.2 Å². The highest BCUT2D eigenvalue weighted by molar-refractivity contribution is 5.83. The summed E-state index contributed by atoms with van der Waals surface area (Å²) in [6.07, 6.45) is 11.1. The highest BCUT2D eigenvalue weighted by Crippen LogP contribution is 2.58. The first-order valence-corrected chi connectivity index (χ1v) is 25.0. The lowest BCUT2D eigenvalue weighted by atomic mass is 9.64. The van der Waals surface area contributed by atoms with Gasteiger partial charge in [-0.1, -0.05) is 26.0 Å². The van der Waals surface area contributed by atoms with Crippen molar-refractivity contribution in [3.63, 3.8) is 0 Å². The molecule has 0 N–H and O–H groups in total. The number of fused-ring (bicyclic) bond motifs is 5. The van der Waals surface area contributed by atoms with E-state index >= 15 is 0 Å². The van der Waals surface area contributed by atoms with E-state index in [0.717, 1.165) is 25.7 Å². The number of esters is 6. The van der Waals surface area contributed by atoms with Crippen LogP contribution in [-0.4, -0.2) is 85.2 Å². The van der Waals surface area contributed by atoms with E-state index in [-0.39, 0.29) is 67.2 Å². The number of allylic oxidation sites excluding steroid dienone is 2. The normalized spacial score (nSPS) is 38.1. The van der Waals surface area contributed by atoms with E-state index in [1.165, 1.54) is 12.8 Å². The van der Waals surface area contributed by atoms with Crippen molar-refractivity contribution < 1.29 is 61.9 Å². The van der Waals surface area contributed by atoms with E-state index in [1.54, 1.807) is 27.7 Å². The molecule has 0 aromatic heterocycles. The molecule has 17 atom stereocenters. The van der Waals surface area contributed by atoms with E-state index in [1.807, 2.05) is 27.7 Å². The Bertz CT molecular complexity index is 1890. The third-order valence-corrected chi connectivity index (χ3v) is 17.9. The van der Waals surface area contributed by atoms with Gasteiger partial charge >= 0.3 is 35.8 Å². The second-order valence-corrected chi connectivity index (χ2v) is 24.0. The zero-order valence-corrected chi connectivity index (χ0v) is 40.5. The van der Waals surface area contributed by atoms with Crippen LogP contribution in [0.15, 0.2) is 12.2 Å². The molecule has 0 spiro atoms. The molecule has 13 nitrogen and oxygen atoms in total. The SMILES string of the molecule is CCC(C)(CC(C)(CCC(C)(CC1C2CCC(C2)C1C)C(=O)OC1(C)CCOC1)C(=O)OC1C2CC3C(=O)OC1C3C2)C(=O)OCC(=O)OC(CC(=O)OC(C)(C)C)C1CC2C=CC1C2. The van der Waals surface area contributed by atoms with Gasteiger partial charge in [-0.2, -0.15) is 0 Å². The summed E-state index contributed by atoms with van der Waals surface area (Å²) in [5.74, 6) is -0.517. The predicted octanol–water partition coefficient (Wildman–Crippen LogP) is 8.27. The van der Waals surface area contributed by atoms with Gasteiger partial charge in [0.25, 0.3) is 0 Å². The lowest BCUT2D eigenvalue weighted by molar-refractivity contribution is -0.181. The summed E-state index contributed by atoms with van der Waals surface area (Å²) < 4.78 is 41.6. The molecule has 2 saturated heterocycles. The van der Waals surface area contributed by atoms with Gasteiger partial charge in [-0.05, 0) is 161 Å². The molecule has 0 amide bonds. The average Bonchev–Trinajstić information content (AvgIpc) is 4.12. The molecular formula is C52H76O13. The lowest BCUT2D eigenvalue weighted by Crippen LogP contribution is -2.46. The van der Waals surface area contributed by atoms with Crippen molar-refractivity contribution in [1.82, 2.24) is 0 Å². The van der Waals surface area contributed by atoms with Crippen molar-refractivity contribution in [2.75, 3.05) is 19.8 Å². The van der Waals surface area contributed by atoms with E-state index in [0.29, 0.717) is 68.5 Å². The molecule has 7 fully saturated rings. The second kappa shape index (κ2) is 17.9. The standard InChI is InChI=1S/C52H76O13/c1-10-49(6,45(56)60-26-41(54)61-39(24-40(53)64-48(3,4)5)35-20-30-11-12-32(35)19-30)27-51(8,46(57)63-42-34-22-36-37(23-34)44(55)62-43(36)42)16-15-50(7,47(58)65-52(9)17-18-59-28-52)25-38-29(2)31-13-14-33(38)21-31/h11-12,29-39,42-43H,10,13-28H2,1-9H3. The number of ether oxygens (including phenoxy) is 7. The third kappa shape index (κ3) is 9.79. The minimum atomic E-state index is -1.30. The summed E-state index contributed by atoms with van der Waals surface area (Å²) in [5.41, 5.74) is -4.96. The Morgan fingerprint density at radius 2 is 1.58 bits per heavy atom.